The third kappa shape index (κ3) is 4.11. The van der Waals surface area contributed by atoms with Gasteiger partial charge in [0.15, 0.2) is 11.5 Å². The van der Waals surface area contributed by atoms with Crippen LogP contribution in [0.25, 0.3) is 0 Å². The van der Waals surface area contributed by atoms with Crippen LogP contribution in [-0.2, 0) is 10.0 Å². The number of hydrogen-bond acceptors (Lipinski definition) is 5. The lowest BCUT2D eigenvalue weighted by molar-refractivity contribution is 0.234. The minimum Gasteiger partial charge on any atom is -0.493 e. The van der Waals surface area contributed by atoms with Crippen molar-refractivity contribution in [1.82, 2.24) is 9.62 Å². The molecule has 1 aromatic carbocycles. The molecule has 0 radical (unpaired) electrons. The SMILES string of the molecule is COc1cc(C)c(S(=O)(=O)N2CCC(C3CCCN3)CC2)cc1OC.Cl. The summed E-state index contributed by atoms with van der Waals surface area (Å²) in [5.74, 6) is 1.57. The van der Waals surface area contributed by atoms with E-state index in [1.807, 2.05) is 0 Å². The van der Waals surface area contributed by atoms with Crippen LogP contribution in [0, 0.1) is 12.8 Å². The predicted molar refractivity (Wildman–Crippen MR) is 104 cm³/mol. The quantitative estimate of drug-likeness (QED) is 0.816. The van der Waals surface area contributed by atoms with Gasteiger partial charge in [0.1, 0.15) is 0 Å². The summed E-state index contributed by atoms with van der Waals surface area (Å²) in [6.07, 6.45) is 4.28. The second kappa shape index (κ2) is 8.78. The summed E-state index contributed by atoms with van der Waals surface area (Å²) in [5, 5.41) is 3.55. The van der Waals surface area contributed by atoms with Gasteiger partial charge in [0.2, 0.25) is 10.0 Å². The van der Waals surface area contributed by atoms with Crippen molar-refractivity contribution < 1.29 is 17.9 Å². The van der Waals surface area contributed by atoms with Gasteiger partial charge in [0, 0.05) is 25.2 Å². The highest BCUT2D eigenvalue weighted by Crippen LogP contribution is 2.35. The Morgan fingerprint density at radius 3 is 2.23 bits per heavy atom. The molecule has 2 saturated heterocycles. The summed E-state index contributed by atoms with van der Waals surface area (Å²) >= 11 is 0. The van der Waals surface area contributed by atoms with Crippen molar-refractivity contribution in [2.24, 2.45) is 5.92 Å². The van der Waals surface area contributed by atoms with Crippen LogP contribution in [0.4, 0.5) is 0 Å². The molecule has 1 unspecified atom stereocenters. The van der Waals surface area contributed by atoms with E-state index in [1.54, 1.807) is 30.5 Å². The van der Waals surface area contributed by atoms with Gasteiger partial charge in [-0.15, -0.1) is 12.4 Å². The Hall–Kier alpha value is -1.02. The van der Waals surface area contributed by atoms with Gasteiger partial charge in [-0.1, -0.05) is 0 Å². The molecule has 0 amide bonds. The van der Waals surface area contributed by atoms with E-state index in [1.165, 1.54) is 20.0 Å². The Morgan fingerprint density at radius 1 is 1.08 bits per heavy atom. The molecule has 148 valence electrons. The summed E-state index contributed by atoms with van der Waals surface area (Å²) < 4.78 is 38.4. The van der Waals surface area contributed by atoms with Crippen LogP contribution in [-0.4, -0.2) is 52.6 Å². The van der Waals surface area contributed by atoms with Crippen LogP contribution >= 0.6 is 12.4 Å². The van der Waals surface area contributed by atoms with Gasteiger partial charge < -0.3 is 14.8 Å². The number of nitrogens with zero attached hydrogens (tertiary/aromatic N) is 1. The number of sulfonamides is 1. The van der Waals surface area contributed by atoms with Gasteiger partial charge in [0.25, 0.3) is 0 Å². The average Bonchev–Trinajstić information content (AvgIpc) is 3.16. The van der Waals surface area contributed by atoms with Crippen LogP contribution in [0.15, 0.2) is 17.0 Å². The zero-order valence-electron chi connectivity index (χ0n) is 15.7. The number of piperidine rings is 1. The molecule has 3 rings (SSSR count). The van der Waals surface area contributed by atoms with Crippen LogP contribution in [0.2, 0.25) is 0 Å². The van der Waals surface area contributed by atoms with E-state index < -0.39 is 10.0 Å². The van der Waals surface area contributed by atoms with Crippen molar-refractivity contribution in [1.29, 1.82) is 0 Å². The first-order valence-corrected chi connectivity index (χ1v) is 10.4. The predicted octanol–water partition coefficient (Wildman–Crippen LogP) is 2.59. The molecule has 1 aromatic rings. The highest BCUT2D eigenvalue weighted by Gasteiger charge is 2.34. The highest BCUT2D eigenvalue weighted by atomic mass is 35.5. The maximum atomic E-state index is 13.1. The lowest BCUT2D eigenvalue weighted by atomic mass is 9.89. The van der Waals surface area contributed by atoms with Crippen LogP contribution < -0.4 is 14.8 Å². The summed E-state index contributed by atoms with van der Waals surface area (Å²) in [5.41, 5.74) is 0.678. The first-order valence-electron chi connectivity index (χ1n) is 8.93. The fraction of sp³-hybridized carbons (Fsp3) is 0.667. The fourth-order valence-electron chi connectivity index (χ4n) is 4.01. The maximum absolute atomic E-state index is 13.1. The zero-order valence-corrected chi connectivity index (χ0v) is 17.3. The minimum atomic E-state index is -3.52. The van der Waals surface area contributed by atoms with E-state index in [-0.39, 0.29) is 12.4 Å². The molecule has 2 heterocycles. The number of aryl methyl sites for hydroxylation is 1. The van der Waals surface area contributed by atoms with Crippen molar-refractivity contribution in [3.8, 4) is 11.5 Å². The van der Waals surface area contributed by atoms with Crippen molar-refractivity contribution in [2.45, 2.75) is 43.5 Å². The molecule has 8 heteroatoms. The molecule has 2 fully saturated rings. The van der Waals surface area contributed by atoms with Gasteiger partial charge in [-0.3, -0.25) is 0 Å². The maximum Gasteiger partial charge on any atom is 0.243 e. The third-order valence-electron chi connectivity index (χ3n) is 5.46. The lowest BCUT2D eigenvalue weighted by Gasteiger charge is -2.34. The average molecular weight is 405 g/mol. The van der Waals surface area contributed by atoms with E-state index in [0.29, 0.717) is 47.0 Å². The molecular formula is C18H29ClN2O4S. The summed E-state index contributed by atoms with van der Waals surface area (Å²) in [6.45, 7) is 4.05. The van der Waals surface area contributed by atoms with Gasteiger partial charge in [-0.2, -0.15) is 4.31 Å². The molecule has 26 heavy (non-hydrogen) atoms. The third-order valence-corrected chi connectivity index (χ3v) is 7.51. The molecule has 2 aliphatic rings. The normalized spacial score (nSPS) is 22.0. The van der Waals surface area contributed by atoms with E-state index in [2.05, 4.69) is 5.32 Å². The molecule has 2 aliphatic heterocycles. The number of methoxy groups -OCH3 is 2. The topological polar surface area (TPSA) is 67.9 Å². The second-order valence-corrected chi connectivity index (χ2v) is 8.82. The molecule has 0 aliphatic carbocycles. The van der Waals surface area contributed by atoms with Crippen LogP contribution in [0.3, 0.4) is 0 Å². The minimum absolute atomic E-state index is 0. The number of halogens is 1. The smallest absolute Gasteiger partial charge is 0.243 e. The Labute approximate surface area is 162 Å². The number of ether oxygens (including phenoxy) is 2. The number of rotatable bonds is 5. The molecule has 0 bridgehead atoms. The van der Waals surface area contributed by atoms with Crippen LogP contribution in [0.1, 0.15) is 31.2 Å². The van der Waals surface area contributed by atoms with Gasteiger partial charge in [-0.25, -0.2) is 8.42 Å². The molecule has 1 N–H and O–H groups in total. The number of hydrogen-bond donors (Lipinski definition) is 1. The van der Waals surface area contributed by atoms with Gasteiger partial charge in [0.05, 0.1) is 19.1 Å². The highest BCUT2D eigenvalue weighted by molar-refractivity contribution is 7.89. The molecule has 0 aromatic heterocycles. The van der Waals surface area contributed by atoms with Crippen molar-refractivity contribution in [2.75, 3.05) is 33.9 Å². The molecule has 0 saturated carbocycles. The zero-order chi connectivity index (χ0) is 18.0. The summed E-state index contributed by atoms with van der Waals surface area (Å²) in [4.78, 5) is 0.308. The van der Waals surface area contributed by atoms with Crippen molar-refractivity contribution in [3.63, 3.8) is 0 Å². The van der Waals surface area contributed by atoms with Crippen molar-refractivity contribution in [3.05, 3.63) is 17.7 Å². The summed E-state index contributed by atoms with van der Waals surface area (Å²) in [6, 6.07) is 3.86. The van der Waals surface area contributed by atoms with Gasteiger partial charge in [-0.05, 0) is 56.7 Å². The van der Waals surface area contributed by atoms with Crippen molar-refractivity contribution >= 4 is 22.4 Å². The first-order chi connectivity index (χ1) is 12.0. The number of nitrogens with one attached hydrogen (secondary N) is 1. The molecule has 6 nitrogen and oxygen atoms in total. The van der Waals surface area contributed by atoms with E-state index in [9.17, 15) is 8.42 Å². The Bertz CT molecular complexity index is 712. The molecule has 0 spiro atoms. The van der Waals surface area contributed by atoms with E-state index in [0.717, 1.165) is 19.4 Å². The lowest BCUT2D eigenvalue weighted by Crippen LogP contribution is -2.43. The Kier molecular flexibility index (Phi) is 7.19. The summed E-state index contributed by atoms with van der Waals surface area (Å²) in [7, 11) is -0.453. The molecular weight excluding hydrogens is 376 g/mol. The van der Waals surface area contributed by atoms with E-state index in [4.69, 9.17) is 9.47 Å². The number of benzene rings is 1. The molecule has 1 atom stereocenters. The fourth-order valence-corrected chi connectivity index (χ4v) is 5.70. The van der Waals surface area contributed by atoms with Crippen LogP contribution in [0.5, 0.6) is 11.5 Å². The standard InChI is InChI=1S/C18H28N2O4S.ClH/c1-13-11-16(23-2)17(24-3)12-18(13)25(21,22)20-9-6-14(7-10-20)15-5-4-8-19-15;/h11-12,14-15,19H,4-10H2,1-3H3;1H. The van der Waals surface area contributed by atoms with E-state index >= 15 is 0 Å². The van der Waals surface area contributed by atoms with Gasteiger partial charge >= 0.3 is 0 Å². The first kappa shape index (κ1) is 21.3. The largest absolute Gasteiger partial charge is 0.493 e. The monoisotopic (exact) mass is 404 g/mol. The Balaban J connectivity index is 0.00000243. The second-order valence-electron chi connectivity index (χ2n) is 6.92. The Morgan fingerprint density at radius 2 is 1.69 bits per heavy atom.